The molecule has 1 aromatic heterocycles. The minimum absolute atomic E-state index is 0.0931. The topological polar surface area (TPSA) is 102 Å². The largest absolute Gasteiger partial charge is 0.573 e. The number of halogens is 4. The number of ether oxygens (including phenoxy) is 1. The van der Waals surface area contributed by atoms with Crippen LogP contribution in [-0.2, 0) is 4.79 Å². The highest BCUT2D eigenvalue weighted by Crippen LogP contribution is 2.31. The molecule has 0 bridgehead atoms. The number of aliphatic imine (C=N–C) groups is 1. The van der Waals surface area contributed by atoms with Crippen molar-refractivity contribution in [2.45, 2.75) is 6.36 Å². The second-order valence-corrected chi connectivity index (χ2v) is 10.5. The first-order valence-electron chi connectivity index (χ1n) is 13.2. The third-order valence-corrected chi connectivity index (χ3v) is 7.39. The van der Waals surface area contributed by atoms with Gasteiger partial charge >= 0.3 is 12.4 Å². The van der Waals surface area contributed by atoms with Gasteiger partial charge in [0, 0.05) is 5.56 Å². The zero-order chi connectivity index (χ0) is 31.6. The van der Waals surface area contributed by atoms with E-state index in [9.17, 15) is 22.8 Å². The van der Waals surface area contributed by atoms with Crippen LogP contribution < -0.4 is 15.0 Å². The second kappa shape index (κ2) is 12.2. The van der Waals surface area contributed by atoms with Crippen molar-refractivity contribution >= 4 is 40.2 Å². The summed E-state index contributed by atoms with van der Waals surface area (Å²) in [5.74, 6) is -1.19. The van der Waals surface area contributed by atoms with Crippen LogP contribution in [0.2, 0.25) is 0 Å². The Labute approximate surface area is 257 Å². The van der Waals surface area contributed by atoms with Gasteiger partial charge in [-0.1, -0.05) is 54.2 Å². The summed E-state index contributed by atoms with van der Waals surface area (Å²) in [5.41, 5.74) is 2.93. The van der Waals surface area contributed by atoms with Crippen molar-refractivity contribution in [3.63, 3.8) is 0 Å². The molecule has 1 aliphatic rings. The van der Waals surface area contributed by atoms with E-state index in [0.717, 1.165) is 41.1 Å². The lowest BCUT2D eigenvalue weighted by Crippen LogP contribution is -2.30. The molecular formula is C31H20F4N6O3S. The summed E-state index contributed by atoms with van der Waals surface area (Å²) in [6.07, 6.45) is -3.49. The minimum Gasteiger partial charge on any atom is -0.406 e. The number of alkyl halides is 3. The van der Waals surface area contributed by atoms with Crippen LogP contribution in [0.25, 0.3) is 28.2 Å². The number of nitrogens with one attached hydrogen (secondary N) is 1. The molecule has 0 spiro atoms. The van der Waals surface area contributed by atoms with Crippen LogP contribution in [0.5, 0.6) is 5.75 Å². The number of urea groups is 1. The number of amidine groups is 1. The highest BCUT2D eigenvalue weighted by molar-refractivity contribution is 8.15. The predicted molar refractivity (Wildman–Crippen MR) is 162 cm³/mol. The van der Waals surface area contributed by atoms with E-state index < -0.39 is 18.2 Å². The maximum absolute atomic E-state index is 15.0. The Hall–Kier alpha value is -5.50. The fourth-order valence-electron chi connectivity index (χ4n) is 4.46. The Bertz CT molecular complexity index is 1910. The molecule has 9 nitrogen and oxygen atoms in total. The first-order chi connectivity index (χ1) is 21.6. The molecule has 0 radical (unpaired) electrons. The van der Waals surface area contributed by atoms with Crippen LogP contribution in [0.3, 0.4) is 0 Å². The third-order valence-electron chi connectivity index (χ3n) is 6.47. The van der Waals surface area contributed by atoms with Gasteiger partial charge in [0.25, 0.3) is 0 Å². The van der Waals surface area contributed by atoms with Gasteiger partial charge in [-0.25, -0.2) is 18.9 Å². The molecule has 4 aromatic carbocycles. The maximum Gasteiger partial charge on any atom is 0.573 e. The van der Waals surface area contributed by atoms with Gasteiger partial charge in [0.1, 0.15) is 17.9 Å². The molecule has 45 heavy (non-hydrogen) atoms. The van der Waals surface area contributed by atoms with Crippen LogP contribution >= 0.6 is 11.8 Å². The van der Waals surface area contributed by atoms with Gasteiger partial charge in [0.2, 0.25) is 5.91 Å². The molecule has 14 heteroatoms. The summed E-state index contributed by atoms with van der Waals surface area (Å²) >= 11 is 1.10. The Balaban J connectivity index is 1.15. The van der Waals surface area contributed by atoms with Gasteiger partial charge < -0.3 is 10.1 Å². The molecule has 226 valence electrons. The second-order valence-electron chi connectivity index (χ2n) is 9.51. The van der Waals surface area contributed by atoms with Gasteiger partial charge in [-0.15, -0.1) is 18.3 Å². The van der Waals surface area contributed by atoms with Crippen molar-refractivity contribution in [2.75, 3.05) is 16.0 Å². The van der Waals surface area contributed by atoms with Crippen molar-refractivity contribution < 1.29 is 31.9 Å². The highest BCUT2D eigenvalue weighted by Gasteiger charge is 2.32. The Morgan fingerprint density at radius 1 is 0.889 bits per heavy atom. The number of carbonyl (C=O) groups is 2. The van der Waals surface area contributed by atoms with Gasteiger partial charge in [-0.05, 0) is 65.7 Å². The quantitative estimate of drug-likeness (QED) is 0.197. The lowest BCUT2D eigenvalue weighted by molar-refractivity contribution is -0.274. The summed E-state index contributed by atoms with van der Waals surface area (Å²) in [6.45, 7) is 0. The Morgan fingerprint density at radius 2 is 1.64 bits per heavy atom. The molecule has 1 N–H and O–H groups in total. The number of aromatic nitrogens is 3. The van der Waals surface area contributed by atoms with Crippen molar-refractivity contribution in [1.82, 2.24) is 14.8 Å². The van der Waals surface area contributed by atoms with Crippen molar-refractivity contribution in [2.24, 2.45) is 4.99 Å². The van der Waals surface area contributed by atoms with Gasteiger partial charge in [-0.3, -0.25) is 9.69 Å². The van der Waals surface area contributed by atoms with E-state index in [1.165, 1.54) is 40.2 Å². The minimum atomic E-state index is -4.81. The summed E-state index contributed by atoms with van der Waals surface area (Å²) in [4.78, 5) is 35.1. The normalized spacial score (nSPS) is 14.2. The molecule has 0 saturated carbocycles. The van der Waals surface area contributed by atoms with Crippen LogP contribution in [0.4, 0.5) is 33.7 Å². The molecule has 1 aliphatic heterocycles. The Kier molecular flexibility index (Phi) is 8.04. The van der Waals surface area contributed by atoms with Crippen LogP contribution in [-0.4, -0.2) is 44.0 Å². The van der Waals surface area contributed by atoms with E-state index in [1.54, 1.807) is 6.07 Å². The van der Waals surface area contributed by atoms with Gasteiger partial charge in [-0.2, -0.15) is 4.99 Å². The molecule has 0 aliphatic carbocycles. The SMILES string of the molecule is O=C(/N=C1\SCC(=O)N1c1cccc(-c2ccccc2)c1)Nc1ccc(-c2ncn(-c3ccc(OC(F)(F)F)cc3)n2)cc1F. The number of hydrogen-bond donors (Lipinski definition) is 1. The smallest absolute Gasteiger partial charge is 0.406 e. The first-order valence-corrected chi connectivity index (χ1v) is 14.2. The summed E-state index contributed by atoms with van der Waals surface area (Å²) in [7, 11) is 0. The number of amides is 3. The third kappa shape index (κ3) is 6.86. The van der Waals surface area contributed by atoms with E-state index >= 15 is 4.39 Å². The number of thioether (sulfide) groups is 1. The van der Waals surface area contributed by atoms with E-state index in [1.807, 2.05) is 48.5 Å². The number of anilines is 2. The van der Waals surface area contributed by atoms with E-state index in [0.29, 0.717) is 11.4 Å². The monoisotopic (exact) mass is 632 g/mol. The van der Waals surface area contributed by atoms with Gasteiger partial charge in [0.05, 0.1) is 22.8 Å². The van der Waals surface area contributed by atoms with Crippen molar-refractivity contribution in [3.8, 4) is 34.0 Å². The molecule has 6 rings (SSSR count). The molecule has 1 saturated heterocycles. The maximum atomic E-state index is 15.0. The van der Waals surface area contributed by atoms with E-state index in [2.05, 4.69) is 25.1 Å². The molecule has 5 aromatic rings. The summed E-state index contributed by atoms with van der Waals surface area (Å²) in [6, 6.07) is 25.0. The lowest BCUT2D eigenvalue weighted by Gasteiger charge is -2.17. The zero-order valence-electron chi connectivity index (χ0n) is 22.9. The average Bonchev–Trinajstić information content (AvgIpc) is 3.65. The Morgan fingerprint density at radius 3 is 2.38 bits per heavy atom. The predicted octanol–water partition coefficient (Wildman–Crippen LogP) is 7.31. The number of carbonyl (C=O) groups excluding carboxylic acids is 2. The molecular weight excluding hydrogens is 612 g/mol. The number of nitrogens with zero attached hydrogens (tertiary/aromatic N) is 5. The first kappa shape index (κ1) is 29.6. The summed E-state index contributed by atoms with van der Waals surface area (Å²) in [5, 5.41) is 6.81. The number of hydrogen-bond acceptors (Lipinski definition) is 6. The standard InChI is InChI=1S/C31H20F4N6O3S/c32-25-16-21(28-36-18-40(39-28)22-10-12-24(13-11-22)44-31(33,34)35)9-14-26(25)37-29(43)38-30-41(27(42)17-45-30)23-8-4-7-20(15-23)19-5-2-1-3-6-19/h1-16,18H,17H2,(H,37,43)/b38-30-. The van der Waals surface area contributed by atoms with E-state index in [-0.39, 0.29) is 39.7 Å². The lowest BCUT2D eigenvalue weighted by atomic mass is 10.1. The zero-order valence-corrected chi connectivity index (χ0v) is 23.7. The molecule has 0 atom stereocenters. The van der Waals surface area contributed by atoms with Crippen LogP contribution in [0, 0.1) is 5.82 Å². The fraction of sp³-hybridized carbons (Fsp3) is 0.0645. The van der Waals surface area contributed by atoms with E-state index in [4.69, 9.17) is 0 Å². The van der Waals surface area contributed by atoms with Crippen molar-refractivity contribution in [1.29, 1.82) is 0 Å². The number of rotatable bonds is 6. The van der Waals surface area contributed by atoms with Gasteiger partial charge in [0.15, 0.2) is 11.0 Å². The molecule has 0 unspecified atom stereocenters. The average molecular weight is 633 g/mol. The van der Waals surface area contributed by atoms with Crippen LogP contribution in [0.15, 0.2) is 108 Å². The number of benzene rings is 4. The fourth-order valence-corrected chi connectivity index (χ4v) is 5.33. The highest BCUT2D eigenvalue weighted by atomic mass is 32.2. The summed E-state index contributed by atoms with van der Waals surface area (Å²) < 4.78 is 57.4. The van der Waals surface area contributed by atoms with Crippen LogP contribution in [0.1, 0.15) is 0 Å². The molecule has 3 amide bonds. The van der Waals surface area contributed by atoms with Crippen molar-refractivity contribution in [3.05, 3.63) is 109 Å². The molecule has 2 heterocycles. The molecule has 1 fully saturated rings.